The van der Waals surface area contributed by atoms with Crippen molar-refractivity contribution in [1.82, 2.24) is 9.88 Å². The van der Waals surface area contributed by atoms with Crippen LogP contribution >= 0.6 is 0 Å². The van der Waals surface area contributed by atoms with Gasteiger partial charge >= 0.3 is 0 Å². The fraction of sp³-hybridized carbons (Fsp3) is 0.578. The molecule has 1 fully saturated rings. The Hall–Kier alpha value is -3.53. The van der Waals surface area contributed by atoms with Crippen LogP contribution in [0.1, 0.15) is 129 Å². The number of aryl methyl sites for hydroxylation is 3. The van der Waals surface area contributed by atoms with Gasteiger partial charge in [-0.05, 0) is 101 Å². The van der Waals surface area contributed by atoms with Gasteiger partial charge in [0, 0.05) is 48.8 Å². The fourth-order valence-electron chi connectivity index (χ4n) is 5.16. The number of aliphatic imine (C=N–C) groups is 1. The van der Waals surface area contributed by atoms with Crippen LogP contribution in [0.2, 0.25) is 0 Å². The summed E-state index contributed by atoms with van der Waals surface area (Å²) in [5, 5.41) is 8.40. The first-order valence-electron chi connectivity index (χ1n) is 19.4. The van der Waals surface area contributed by atoms with Gasteiger partial charge in [0.1, 0.15) is 5.75 Å². The Bertz CT molecular complexity index is 1400. The number of morpholine rings is 1. The molecule has 2 unspecified atom stereocenters. The summed E-state index contributed by atoms with van der Waals surface area (Å²) >= 11 is 0. The van der Waals surface area contributed by atoms with Crippen molar-refractivity contribution in [1.29, 1.82) is 5.41 Å². The van der Waals surface area contributed by atoms with Crippen LogP contribution in [0.4, 0.5) is 0 Å². The Morgan fingerprint density at radius 1 is 1.04 bits per heavy atom. The molecular formula is C45H72N4O2. The third kappa shape index (κ3) is 19.0. The molecule has 1 saturated heterocycles. The quantitative estimate of drug-likeness (QED) is 0.167. The molecule has 6 heteroatoms. The van der Waals surface area contributed by atoms with Crippen molar-refractivity contribution < 1.29 is 9.47 Å². The molecule has 2 aromatic rings. The molecule has 2 heterocycles. The van der Waals surface area contributed by atoms with Crippen molar-refractivity contribution in [3.05, 3.63) is 76.1 Å². The second kappa shape index (κ2) is 29.1. The molecule has 1 aliphatic heterocycles. The summed E-state index contributed by atoms with van der Waals surface area (Å²) in [6, 6.07) is 8.56. The van der Waals surface area contributed by atoms with Crippen LogP contribution in [0.25, 0.3) is 5.57 Å². The van der Waals surface area contributed by atoms with Crippen LogP contribution in [-0.2, 0) is 11.2 Å². The summed E-state index contributed by atoms with van der Waals surface area (Å²) in [5.74, 6) is 7.34. The van der Waals surface area contributed by atoms with E-state index in [1.165, 1.54) is 36.1 Å². The van der Waals surface area contributed by atoms with Crippen molar-refractivity contribution in [2.75, 3.05) is 40.0 Å². The van der Waals surface area contributed by atoms with E-state index in [1.807, 2.05) is 39.3 Å². The summed E-state index contributed by atoms with van der Waals surface area (Å²) in [6.07, 6.45) is 14.0. The lowest BCUT2D eigenvalue weighted by molar-refractivity contribution is 0.0380. The average molecular weight is 701 g/mol. The first-order chi connectivity index (χ1) is 24.6. The predicted octanol–water partition coefficient (Wildman–Crippen LogP) is 11.1. The van der Waals surface area contributed by atoms with Gasteiger partial charge in [0.2, 0.25) is 0 Å². The number of rotatable bonds is 13. The molecule has 0 saturated carbocycles. The van der Waals surface area contributed by atoms with Crippen LogP contribution in [0.15, 0.2) is 53.2 Å². The zero-order valence-electron chi connectivity index (χ0n) is 34.7. The zero-order valence-corrected chi connectivity index (χ0v) is 34.7. The lowest BCUT2D eigenvalue weighted by Crippen LogP contribution is -2.36. The Morgan fingerprint density at radius 2 is 1.73 bits per heavy atom. The van der Waals surface area contributed by atoms with E-state index >= 15 is 0 Å². The normalized spacial score (nSPS) is 13.7. The summed E-state index contributed by atoms with van der Waals surface area (Å²) in [6.45, 7) is 30.4. The monoisotopic (exact) mass is 701 g/mol. The highest BCUT2D eigenvalue weighted by molar-refractivity contribution is 6.10. The van der Waals surface area contributed by atoms with Crippen molar-refractivity contribution in [2.45, 2.75) is 128 Å². The smallest absolute Gasteiger partial charge is 0.122 e. The Labute approximate surface area is 313 Å². The fourth-order valence-corrected chi connectivity index (χ4v) is 5.16. The van der Waals surface area contributed by atoms with Gasteiger partial charge < -0.3 is 14.9 Å². The van der Waals surface area contributed by atoms with E-state index in [9.17, 15) is 0 Å². The molecule has 0 amide bonds. The molecule has 0 radical (unpaired) electrons. The molecule has 1 aromatic carbocycles. The van der Waals surface area contributed by atoms with Crippen molar-refractivity contribution in [3.8, 4) is 17.6 Å². The lowest BCUT2D eigenvalue weighted by atomic mass is 9.93. The van der Waals surface area contributed by atoms with E-state index in [0.717, 1.165) is 80.1 Å². The highest BCUT2D eigenvalue weighted by atomic mass is 16.5. The number of allylic oxidation sites excluding steroid dienone is 3. The number of nitrogens with one attached hydrogen (secondary N) is 1. The highest BCUT2D eigenvalue weighted by Crippen LogP contribution is 2.22. The van der Waals surface area contributed by atoms with E-state index in [4.69, 9.17) is 19.9 Å². The number of nitrogens with zero attached hydrogens (tertiary/aromatic N) is 3. The number of pyridine rings is 1. The molecule has 1 N–H and O–H groups in total. The second-order valence-corrected chi connectivity index (χ2v) is 12.8. The maximum atomic E-state index is 8.40. The maximum absolute atomic E-state index is 8.40. The summed E-state index contributed by atoms with van der Waals surface area (Å²) < 4.78 is 10.5. The number of aromatic nitrogens is 1. The van der Waals surface area contributed by atoms with Crippen LogP contribution in [0, 0.1) is 37.0 Å². The van der Waals surface area contributed by atoms with Crippen LogP contribution < -0.4 is 4.74 Å². The third-order valence-electron chi connectivity index (χ3n) is 8.42. The largest absolute Gasteiger partial charge is 0.496 e. The summed E-state index contributed by atoms with van der Waals surface area (Å²) in [5.41, 5.74) is 8.37. The van der Waals surface area contributed by atoms with Crippen molar-refractivity contribution in [2.24, 2.45) is 10.9 Å². The van der Waals surface area contributed by atoms with Gasteiger partial charge in [-0.15, -0.1) is 0 Å². The standard InChI is InChI=1S/C25H35N3.C11H16O.C7H15NO.C2H6/c1-8-11-12-13-14-21(10-3)27-16-22(18(4)5)24-15-20(7)23(17-28-24)25(26)19(6)9-2;1-4-5-10-7-6-9(2)8-11(10)12-3;1-2-3-8-4-6-9-7-5-8;1-2/h13-17,19,21,26H,8-10H2,1-7H3;6-8H,4-5H2,1-3H3;2-7H2,1H3;1-2H3/b14-13-,26-25?,27-16?;;;. The van der Waals surface area contributed by atoms with E-state index < -0.39 is 0 Å². The topological polar surface area (TPSA) is 70.8 Å². The zero-order chi connectivity index (χ0) is 38.6. The van der Waals surface area contributed by atoms with Gasteiger partial charge in [-0.3, -0.25) is 14.9 Å². The minimum atomic E-state index is 0.111. The van der Waals surface area contributed by atoms with Gasteiger partial charge in [0.15, 0.2) is 0 Å². The number of hydrogen-bond donors (Lipinski definition) is 1. The van der Waals surface area contributed by atoms with Gasteiger partial charge in [-0.2, -0.15) is 0 Å². The second-order valence-electron chi connectivity index (χ2n) is 12.8. The number of ether oxygens (including phenoxy) is 2. The van der Waals surface area contributed by atoms with Crippen molar-refractivity contribution >= 4 is 17.5 Å². The maximum Gasteiger partial charge on any atom is 0.122 e. The van der Waals surface area contributed by atoms with Crippen LogP contribution in [0.5, 0.6) is 5.75 Å². The number of hydrogen-bond acceptors (Lipinski definition) is 6. The SMILES string of the molecule is CC.CCC#C/C=C\C(CC)N=CC(=C(C)C)c1cc(C)c(C(=N)C(C)CC)cn1.CCCN1CCOCC1.CCCc1ccc(C)cc1OC. The van der Waals surface area contributed by atoms with E-state index in [2.05, 4.69) is 114 Å². The lowest BCUT2D eigenvalue weighted by Gasteiger charge is -2.25. The highest BCUT2D eigenvalue weighted by Gasteiger charge is 2.14. The minimum absolute atomic E-state index is 0.111. The number of methoxy groups -OCH3 is 1. The first kappa shape index (κ1) is 47.5. The number of benzene rings is 1. The van der Waals surface area contributed by atoms with Crippen molar-refractivity contribution in [3.63, 3.8) is 0 Å². The molecule has 6 nitrogen and oxygen atoms in total. The van der Waals surface area contributed by atoms with Gasteiger partial charge in [-0.1, -0.05) is 97.4 Å². The Morgan fingerprint density at radius 3 is 2.25 bits per heavy atom. The Balaban J connectivity index is 0.000000880. The Kier molecular flexibility index (Phi) is 27.1. The van der Waals surface area contributed by atoms with Gasteiger partial charge in [-0.25, -0.2) is 0 Å². The summed E-state index contributed by atoms with van der Waals surface area (Å²) in [4.78, 5) is 11.9. The van der Waals surface area contributed by atoms with Crippen LogP contribution in [0.3, 0.4) is 0 Å². The predicted molar refractivity (Wildman–Crippen MR) is 224 cm³/mol. The minimum Gasteiger partial charge on any atom is -0.496 e. The van der Waals surface area contributed by atoms with E-state index in [-0.39, 0.29) is 12.0 Å². The van der Waals surface area contributed by atoms with Crippen LogP contribution in [-0.4, -0.2) is 67.8 Å². The first-order valence-corrected chi connectivity index (χ1v) is 19.4. The van der Waals surface area contributed by atoms with E-state index in [0.29, 0.717) is 5.71 Å². The molecule has 1 aliphatic rings. The molecule has 0 aliphatic carbocycles. The van der Waals surface area contributed by atoms with E-state index in [1.54, 1.807) is 7.11 Å². The molecule has 0 spiro atoms. The molecule has 2 atom stereocenters. The molecule has 51 heavy (non-hydrogen) atoms. The average Bonchev–Trinajstić information content (AvgIpc) is 3.14. The molecule has 0 bridgehead atoms. The molecule has 3 rings (SSSR count). The molecular weight excluding hydrogens is 629 g/mol. The third-order valence-corrected chi connectivity index (χ3v) is 8.42. The van der Waals surface area contributed by atoms with Gasteiger partial charge in [0.05, 0.1) is 32.1 Å². The van der Waals surface area contributed by atoms with Gasteiger partial charge in [0.25, 0.3) is 0 Å². The molecule has 284 valence electrons. The molecule has 1 aromatic heterocycles. The summed E-state index contributed by atoms with van der Waals surface area (Å²) in [7, 11) is 1.73.